The molecule has 5 aliphatic rings. The van der Waals surface area contributed by atoms with Gasteiger partial charge in [0.05, 0.1) is 77.3 Å². The number of aromatic amines is 1. The highest BCUT2D eigenvalue weighted by Crippen LogP contribution is 2.43. The number of carbonyl (C=O) groups is 4. The van der Waals surface area contributed by atoms with Crippen LogP contribution in [0.1, 0.15) is 38.8 Å². The van der Waals surface area contributed by atoms with Crippen LogP contribution < -0.4 is 16.0 Å². The fraction of sp³-hybridized carbons (Fsp3) is 0.250. The lowest BCUT2D eigenvalue weighted by atomic mass is 9.85. The Morgan fingerprint density at radius 2 is 1.29 bits per heavy atom. The van der Waals surface area contributed by atoms with Crippen molar-refractivity contribution < 1.29 is 38.1 Å². The van der Waals surface area contributed by atoms with E-state index in [2.05, 4.69) is 10.3 Å². The Hall–Kier alpha value is -6.30. The second-order valence-corrected chi connectivity index (χ2v) is 12.0. The SMILES string of the molecule is CCOC(=O)C1=C2N=C(C(C(=O)OCC)=c3ccc([nH]3)=C(C(=O)OCC)C3=NC(=C(C(=O)OCC)C4NC1=C1C=CC=C[C@@H]14)C=C3)c1ccccc12. The second-order valence-electron chi connectivity index (χ2n) is 12.0. The average Bonchev–Trinajstić information content (AvgIpc) is 3.94. The van der Waals surface area contributed by atoms with Crippen LogP contribution in [0.25, 0.3) is 16.8 Å². The number of benzene rings is 1. The molecule has 1 unspecified atom stereocenters. The number of H-pyrrole nitrogens is 1. The number of aliphatic imine (C=N–C) groups is 2. The first kappa shape index (κ1) is 34.2. The van der Waals surface area contributed by atoms with E-state index in [1.165, 1.54) is 0 Å². The van der Waals surface area contributed by atoms with Gasteiger partial charge in [-0.25, -0.2) is 29.2 Å². The van der Waals surface area contributed by atoms with Crippen LogP contribution in [-0.2, 0) is 38.1 Å². The number of rotatable bonds is 8. The molecular formula is C40H36N4O8. The van der Waals surface area contributed by atoms with Gasteiger partial charge in [-0.15, -0.1) is 0 Å². The molecule has 0 saturated heterocycles. The second kappa shape index (κ2) is 14.1. The Bertz CT molecular complexity index is 2310. The van der Waals surface area contributed by atoms with Gasteiger partial charge in [0.1, 0.15) is 16.7 Å². The molecule has 4 aliphatic heterocycles. The normalized spacial score (nSPS) is 19.6. The maximum atomic E-state index is 14.2. The van der Waals surface area contributed by atoms with Gasteiger partial charge in [0.2, 0.25) is 0 Å². The minimum atomic E-state index is -0.754. The molecule has 2 atom stereocenters. The van der Waals surface area contributed by atoms with Gasteiger partial charge in [-0.05, 0) is 57.6 Å². The van der Waals surface area contributed by atoms with E-state index >= 15 is 0 Å². The molecule has 52 heavy (non-hydrogen) atoms. The number of nitrogens with zero attached hydrogens (tertiary/aromatic N) is 2. The third-order valence-electron chi connectivity index (χ3n) is 9.04. The number of allylic oxidation sites excluding steroid dienone is 5. The van der Waals surface area contributed by atoms with E-state index < -0.39 is 35.8 Å². The van der Waals surface area contributed by atoms with Crippen molar-refractivity contribution in [1.82, 2.24) is 10.3 Å². The van der Waals surface area contributed by atoms with Crippen LogP contribution in [0, 0.1) is 5.92 Å². The first-order valence-corrected chi connectivity index (χ1v) is 17.2. The summed E-state index contributed by atoms with van der Waals surface area (Å²) in [5.74, 6) is -3.02. The Morgan fingerprint density at radius 1 is 0.673 bits per heavy atom. The van der Waals surface area contributed by atoms with Gasteiger partial charge in [-0.2, -0.15) is 0 Å². The smallest absolute Gasteiger partial charge is 0.342 e. The van der Waals surface area contributed by atoms with Crippen LogP contribution in [0.3, 0.4) is 0 Å². The van der Waals surface area contributed by atoms with Crippen molar-refractivity contribution in [1.29, 1.82) is 0 Å². The molecule has 1 aromatic carbocycles. The molecule has 0 amide bonds. The van der Waals surface area contributed by atoms with Gasteiger partial charge in [-0.3, -0.25) is 0 Å². The van der Waals surface area contributed by atoms with E-state index in [4.69, 9.17) is 28.9 Å². The maximum absolute atomic E-state index is 14.2. The van der Waals surface area contributed by atoms with Crippen molar-refractivity contribution in [2.24, 2.45) is 15.9 Å². The first-order valence-electron chi connectivity index (χ1n) is 17.2. The lowest BCUT2D eigenvalue weighted by Crippen LogP contribution is -2.36. The maximum Gasteiger partial charge on any atom is 0.342 e. The summed E-state index contributed by atoms with van der Waals surface area (Å²) in [5, 5.41) is 4.10. The Balaban J connectivity index is 1.66. The highest BCUT2D eigenvalue weighted by Gasteiger charge is 2.44. The summed E-state index contributed by atoms with van der Waals surface area (Å²) in [5.41, 5.74) is 3.83. The molecule has 1 aromatic heterocycles. The number of esters is 4. The molecular weight excluding hydrogens is 664 g/mol. The van der Waals surface area contributed by atoms with E-state index in [1.54, 1.807) is 52.0 Å². The van der Waals surface area contributed by atoms with Crippen molar-refractivity contribution in [3.8, 4) is 0 Å². The largest absolute Gasteiger partial charge is 0.463 e. The number of carbonyl (C=O) groups excluding carboxylic acids is 4. The molecule has 0 fully saturated rings. The summed E-state index contributed by atoms with van der Waals surface area (Å²) < 4.78 is 22.3. The monoisotopic (exact) mass is 700 g/mol. The average molecular weight is 701 g/mol. The van der Waals surface area contributed by atoms with E-state index in [-0.39, 0.29) is 71.5 Å². The van der Waals surface area contributed by atoms with Crippen LogP contribution in [0.2, 0.25) is 0 Å². The Kier molecular flexibility index (Phi) is 9.29. The van der Waals surface area contributed by atoms with Crippen molar-refractivity contribution in [2.75, 3.05) is 26.4 Å². The highest BCUT2D eigenvalue weighted by atomic mass is 16.5. The molecule has 12 heteroatoms. The van der Waals surface area contributed by atoms with E-state index in [0.717, 1.165) is 0 Å². The van der Waals surface area contributed by atoms with Crippen LogP contribution in [0.5, 0.6) is 0 Å². The van der Waals surface area contributed by atoms with Crippen LogP contribution in [0.4, 0.5) is 0 Å². The minimum Gasteiger partial charge on any atom is -0.463 e. The van der Waals surface area contributed by atoms with Gasteiger partial charge in [-0.1, -0.05) is 48.6 Å². The zero-order valence-electron chi connectivity index (χ0n) is 29.1. The molecule has 2 N–H and O–H groups in total. The van der Waals surface area contributed by atoms with Gasteiger partial charge >= 0.3 is 23.9 Å². The lowest BCUT2D eigenvalue weighted by molar-refractivity contribution is -0.139. The molecule has 0 saturated carbocycles. The van der Waals surface area contributed by atoms with Gasteiger partial charge < -0.3 is 29.2 Å². The quantitative estimate of drug-likeness (QED) is 0.312. The molecule has 264 valence electrons. The molecule has 8 bridgehead atoms. The zero-order valence-corrected chi connectivity index (χ0v) is 29.1. The predicted octanol–water partition coefficient (Wildman–Crippen LogP) is 3.03. The highest BCUT2D eigenvalue weighted by molar-refractivity contribution is 6.48. The molecule has 5 heterocycles. The lowest BCUT2D eigenvalue weighted by Gasteiger charge is -2.23. The molecule has 2 aromatic rings. The number of fused-ring (bicyclic) bond motifs is 11. The Labute approximate surface area is 299 Å². The van der Waals surface area contributed by atoms with Gasteiger partial charge in [0, 0.05) is 17.0 Å². The molecule has 7 rings (SSSR count). The molecule has 0 spiro atoms. The van der Waals surface area contributed by atoms with E-state index in [0.29, 0.717) is 33.1 Å². The fourth-order valence-corrected chi connectivity index (χ4v) is 6.96. The van der Waals surface area contributed by atoms with Gasteiger partial charge in [0.15, 0.2) is 0 Å². The van der Waals surface area contributed by atoms with Crippen LogP contribution in [-0.4, -0.2) is 72.8 Å². The Morgan fingerprint density at radius 3 is 1.98 bits per heavy atom. The zero-order chi connectivity index (χ0) is 36.5. The van der Waals surface area contributed by atoms with Crippen LogP contribution >= 0.6 is 0 Å². The third kappa shape index (κ3) is 5.75. The summed E-state index contributed by atoms with van der Waals surface area (Å²) in [6, 6.07) is 9.81. The number of ether oxygens (including phenoxy) is 4. The summed E-state index contributed by atoms with van der Waals surface area (Å²) in [4.78, 5) is 68.6. The molecule has 1 aliphatic carbocycles. The minimum absolute atomic E-state index is 0.0874. The summed E-state index contributed by atoms with van der Waals surface area (Å²) in [7, 11) is 0. The molecule has 0 radical (unpaired) electrons. The van der Waals surface area contributed by atoms with Crippen molar-refractivity contribution in [2.45, 2.75) is 33.7 Å². The fourth-order valence-electron chi connectivity index (χ4n) is 6.96. The van der Waals surface area contributed by atoms with Crippen molar-refractivity contribution in [3.05, 3.63) is 123 Å². The van der Waals surface area contributed by atoms with E-state index in [1.807, 2.05) is 48.6 Å². The summed E-state index contributed by atoms with van der Waals surface area (Å²) >= 11 is 0. The number of nitrogens with one attached hydrogen (secondary N) is 2. The molecule has 12 nitrogen and oxygen atoms in total. The van der Waals surface area contributed by atoms with E-state index in [9.17, 15) is 19.2 Å². The third-order valence-corrected chi connectivity index (χ3v) is 9.04. The number of aromatic nitrogens is 1. The topological polar surface area (TPSA) is 158 Å². The number of hydrogen-bond acceptors (Lipinski definition) is 11. The predicted molar refractivity (Wildman–Crippen MR) is 193 cm³/mol. The van der Waals surface area contributed by atoms with Crippen molar-refractivity contribution in [3.63, 3.8) is 0 Å². The number of hydrogen-bond donors (Lipinski definition) is 2. The summed E-state index contributed by atoms with van der Waals surface area (Å²) in [6.45, 7) is 7.21. The first-order chi connectivity index (χ1) is 25.3. The van der Waals surface area contributed by atoms with Gasteiger partial charge in [0.25, 0.3) is 0 Å². The standard InChI is InChI=1S/C40H36N4O8/c1-5-49-37(45)29-25-17-19-27(41-25)30(38(46)50-6-2)33-21-13-9-11-15-23(21)35(43-33)32(40(48)52-8-4)36-24-16-12-10-14-22(24)34(44-36)31(39(47)51-7-3)28-20-18-26(29)42-28/h9-21,33,42-43H,5-8H2,1-4H3/t21-,33?/m0/s1. The summed E-state index contributed by atoms with van der Waals surface area (Å²) in [6.07, 6.45) is 10.8. The van der Waals surface area contributed by atoms with Crippen LogP contribution in [0.15, 0.2) is 111 Å². The van der Waals surface area contributed by atoms with Crippen molar-refractivity contribution >= 4 is 52.1 Å².